The summed E-state index contributed by atoms with van der Waals surface area (Å²) in [6, 6.07) is 21.4. The molecule has 34 heavy (non-hydrogen) atoms. The summed E-state index contributed by atoms with van der Waals surface area (Å²) < 4.78 is 28.6. The molecule has 4 aromatic rings. The Balaban J connectivity index is 1.59. The topological polar surface area (TPSA) is 101 Å². The molecule has 0 bridgehead atoms. The van der Waals surface area contributed by atoms with Gasteiger partial charge in [0.15, 0.2) is 0 Å². The van der Waals surface area contributed by atoms with Gasteiger partial charge in [-0.1, -0.05) is 95.2 Å². The number of sulfonamides is 1. The van der Waals surface area contributed by atoms with Crippen LogP contribution in [0.2, 0.25) is 10.0 Å². The highest BCUT2D eigenvalue weighted by atomic mass is 35.5. The van der Waals surface area contributed by atoms with Gasteiger partial charge in [0.25, 0.3) is 0 Å². The zero-order chi connectivity index (χ0) is 24.1. The second kappa shape index (κ2) is 10.6. The molecule has 0 aliphatic heterocycles. The first-order valence-corrected chi connectivity index (χ1v) is 13.1. The van der Waals surface area contributed by atoms with Gasteiger partial charge in [-0.05, 0) is 30.2 Å². The van der Waals surface area contributed by atoms with Crippen molar-refractivity contribution in [2.45, 2.75) is 17.4 Å². The fourth-order valence-corrected chi connectivity index (χ4v) is 5.85. The third kappa shape index (κ3) is 5.99. The summed E-state index contributed by atoms with van der Waals surface area (Å²) in [5.41, 5.74) is 1.63. The van der Waals surface area contributed by atoms with Crippen molar-refractivity contribution < 1.29 is 13.2 Å². The van der Waals surface area contributed by atoms with E-state index in [1.165, 1.54) is 29.5 Å². The molecule has 1 amide bonds. The monoisotopic (exact) mass is 532 g/mol. The average molecular weight is 533 g/mol. The number of aromatic nitrogens is 2. The molecule has 0 saturated carbocycles. The molecule has 0 aliphatic carbocycles. The van der Waals surface area contributed by atoms with Crippen LogP contribution in [0.25, 0.3) is 10.6 Å². The molecule has 1 heterocycles. The lowest BCUT2D eigenvalue weighted by Gasteiger charge is -2.18. The fourth-order valence-electron chi connectivity index (χ4n) is 3.14. The van der Waals surface area contributed by atoms with Gasteiger partial charge in [-0.15, -0.1) is 10.2 Å². The van der Waals surface area contributed by atoms with E-state index in [1.54, 1.807) is 12.1 Å². The van der Waals surface area contributed by atoms with Crippen LogP contribution in [0.5, 0.6) is 0 Å². The van der Waals surface area contributed by atoms with E-state index in [1.807, 2.05) is 48.5 Å². The van der Waals surface area contributed by atoms with Crippen molar-refractivity contribution in [1.29, 1.82) is 0 Å². The Hall–Kier alpha value is -2.82. The summed E-state index contributed by atoms with van der Waals surface area (Å²) >= 11 is 13.3. The molecule has 11 heteroatoms. The number of hydrogen-bond donors (Lipinski definition) is 2. The summed E-state index contributed by atoms with van der Waals surface area (Å²) in [7, 11) is -4.17. The van der Waals surface area contributed by atoms with Crippen LogP contribution in [0.3, 0.4) is 0 Å². The van der Waals surface area contributed by atoms with Crippen molar-refractivity contribution >= 4 is 55.6 Å². The van der Waals surface area contributed by atoms with Gasteiger partial charge in [0.2, 0.25) is 21.1 Å². The second-order valence-corrected chi connectivity index (χ2v) is 10.7. The van der Waals surface area contributed by atoms with Crippen LogP contribution in [-0.4, -0.2) is 30.6 Å². The van der Waals surface area contributed by atoms with Crippen LogP contribution in [-0.2, 0) is 21.2 Å². The van der Waals surface area contributed by atoms with Crippen LogP contribution < -0.4 is 10.0 Å². The number of rotatable bonds is 8. The minimum Gasteiger partial charge on any atom is -0.299 e. The average Bonchev–Trinajstić information content (AvgIpc) is 3.30. The molecular formula is C23H18Cl2N4O3S2. The third-order valence-corrected chi connectivity index (χ3v) is 7.83. The first kappa shape index (κ1) is 24.3. The maximum atomic E-state index is 13.2. The summed E-state index contributed by atoms with van der Waals surface area (Å²) in [4.78, 5) is 13.0. The van der Waals surface area contributed by atoms with Gasteiger partial charge in [0, 0.05) is 10.6 Å². The maximum absolute atomic E-state index is 13.2. The SMILES string of the molecule is O=C(Nc1nnc(-c2ccccc2)s1)C(Cc1ccccc1)NS(=O)(=O)c1cc(Cl)ccc1Cl. The van der Waals surface area contributed by atoms with E-state index in [-0.39, 0.29) is 26.5 Å². The Kier molecular flexibility index (Phi) is 7.60. The summed E-state index contributed by atoms with van der Waals surface area (Å²) in [5.74, 6) is -0.582. The molecule has 3 aromatic carbocycles. The van der Waals surface area contributed by atoms with Gasteiger partial charge in [0.05, 0.1) is 5.02 Å². The standard InChI is InChI=1S/C23H18Cl2N4O3S2/c24-17-11-12-18(25)20(14-17)34(31,32)29-19(13-15-7-3-1-4-8-15)21(30)26-23-28-27-22(33-23)16-9-5-2-6-10-16/h1-12,14,19,29H,13H2,(H,26,28,30). The van der Waals surface area contributed by atoms with E-state index in [0.29, 0.717) is 5.01 Å². The molecule has 2 N–H and O–H groups in total. The summed E-state index contributed by atoms with van der Waals surface area (Å²) in [5, 5.41) is 11.9. The number of anilines is 1. The predicted octanol–water partition coefficient (Wildman–Crippen LogP) is 5.04. The smallest absolute Gasteiger partial charge is 0.244 e. The highest BCUT2D eigenvalue weighted by molar-refractivity contribution is 7.89. The molecule has 1 atom stereocenters. The number of amides is 1. The van der Waals surface area contributed by atoms with Gasteiger partial charge in [0.1, 0.15) is 15.9 Å². The quantitative estimate of drug-likeness (QED) is 0.331. The van der Waals surface area contributed by atoms with Crippen molar-refractivity contribution in [2.75, 3.05) is 5.32 Å². The van der Waals surface area contributed by atoms with E-state index in [2.05, 4.69) is 20.2 Å². The Bertz CT molecular complexity index is 1400. The van der Waals surface area contributed by atoms with Crippen molar-refractivity contribution in [1.82, 2.24) is 14.9 Å². The molecule has 174 valence electrons. The van der Waals surface area contributed by atoms with Crippen molar-refractivity contribution in [2.24, 2.45) is 0 Å². The lowest BCUT2D eigenvalue weighted by molar-refractivity contribution is -0.117. The number of hydrogen-bond acceptors (Lipinski definition) is 6. The number of nitrogens with one attached hydrogen (secondary N) is 2. The molecule has 0 saturated heterocycles. The predicted molar refractivity (Wildman–Crippen MR) is 135 cm³/mol. The number of nitrogens with zero attached hydrogens (tertiary/aromatic N) is 2. The van der Waals surface area contributed by atoms with Gasteiger partial charge in [-0.25, -0.2) is 8.42 Å². The first-order chi connectivity index (χ1) is 16.3. The van der Waals surface area contributed by atoms with Crippen LogP contribution in [0.1, 0.15) is 5.56 Å². The third-order valence-electron chi connectivity index (χ3n) is 4.76. The lowest BCUT2D eigenvalue weighted by Crippen LogP contribution is -2.45. The van der Waals surface area contributed by atoms with E-state index < -0.39 is 22.0 Å². The van der Waals surface area contributed by atoms with Gasteiger partial charge >= 0.3 is 0 Å². The van der Waals surface area contributed by atoms with E-state index >= 15 is 0 Å². The van der Waals surface area contributed by atoms with Gasteiger partial charge < -0.3 is 0 Å². The summed E-state index contributed by atoms with van der Waals surface area (Å²) in [6.07, 6.45) is 0.106. The minimum absolute atomic E-state index is 0.00704. The van der Waals surface area contributed by atoms with E-state index in [9.17, 15) is 13.2 Å². The van der Waals surface area contributed by atoms with Crippen LogP contribution in [0, 0.1) is 0 Å². The van der Waals surface area contributed by atoms with E-state index in [4.69, 9.17) is 23.2 Å². The van der Waals surface area contributed by atoms with Gasteiger partial charge in [-0.3, -0.25) is 10.1 Å². The zero-order valence-corrected chi connectivity index (χ0v) is 20.6. The van der Waals surface area contributed by atoms with Crippen molar-refractivity contribution in [3.8, 4) is 10.6 Å². The van der Waals surface area contributed by atoms with Crippen LogP contribution in [0.4, 0.5) is 5.13 Å². The Labute approximate surface area is 210 Å². The molecule has 0 fully saturated rings. The van der Waals surface area contributed by atoms with Crippen molar-refractivity contribution in [3.63, 3.8) is 0 Å². The second-order valence-electron chi connectivity index (χ2n) is 7.21. The highest BCUT2D eigenvalue weighted by Gasteiger charge is 2.28. The molecule has 0 aliphatic rings. The van der Waals surface area contributed by atoms with Crippen LogP contribution in [0.15, 0.2) is 83.8 Å². The molecular weight excluding hydrogens is 515 g/mol. The molecule has 0 spiro atoms. The molecule has 1 unspecified atom stereocenters. The first-order valence-electron chi connectivity index (χ1n) is 10.0. The van der Waals surface area contributed by atoms with Gasteiger partial charge in [-0.2, -0.15) is 4.72 Å². The zero-order valence-electron chi connectivity index (χ0n) is 17.5. The maximum Gasteiger partial charge on any atom is 0.244 e. The molecule has 4 rings (SSSR count). The molecule has 7 nitrogen and oxygen atoms in total. The minimum atomic E-state index is -4.17. The fraction of sp³-hybridized carbons (Fsp3) is 0.0870. The van der Waals surface area contributed by atoms with Crippen molar-refractivity contribution in [3.05, 3.63) is 94.5 Å². The molecule has 1 aromatic heterocycles. The number of benzene rings is 3. The normalized spacial score (nSPS) is 12.3. The Morgan fingerprint density at radius 1 is 0.941 bits per heavy atom. The largest absolute Gasteiger partial charge is 0.299 e. The Morgan fingerprint density at radius 2 is 1.62 bits per heavy atom. The van der Waals surface area contributed by atoms with E-state index in [0.717, 1.165) is 11.1 Å². The highest BCUT2D eigenvalue weighted by Crippen LogP contribution is 2.27. The van der Waals surface area contributed by atoms with Crippen LogP contribution >= 0.6 is 34.5 Å². The number of halogens is 2. The molecule has 0 radical (unpaired) electrons. The summed E-state index contributed by atoms with van der Waals surface area (Å²) in [6.45, 7) is 0. The number of carbonyl (C=O) groups excluding carboxylic acids is 1. The number of carbonyl (C=O) groups is 1. The Morgan fingerprint density at radius 3 is 2.32 bits per heavy atom. The lowest BCUT2D eigenvalue weighted by atomic mass is 10.1.